The molecular weight excluding hydrogens is 334 g/mol. The van der Waals surface area contributed by atoms with Crippen molar-refractivity contribution in [2.45, 2.75) is 19.6 Å². The average molecular weight is 353 g/mol. The Labute approximate surface area is 150 Å². The van der Waals surface area contributed by atoms with Crippen LogP contribution in [0, 0.1) is 0 Å². The van der Waals surface area contributed by atoms with E-state index in [1.54, 1.807) is 27.7 Å². The molecule has 134 valence electrons. The number of furan rings is 1. The van der Waals surface area contributed by atoms with Gasteiger partial charge in [-0.1, -0.05) is 0 Å². The van der Waals surface area contributed by atoms with Crippen LogP contribution in [-0.2, 0) is 26.7 Å². The first-order valence-electron chi connectivity index (χ1n) is 8.39. The normalized spacial score (nSPS) is 13.5. The second kappa shape index (κ2) is 6.55. The van der Waals surface area contributed by atoms with Gasteiger partial charge in [0.25, 0.3) is 11.8 Å². The Hall–Kier alpha value is -3.29. The molecule has 8 nitrogen and oxygen atoms in total. The van der Waals surface area contributed by atoms with E-state index < -0.39 is 0 Å². The van der Waals surface area contributed by atoms with Crippen LogP contribution in [0.1, 0.15) is 32.6 Å². The number of rotatable bonds is 4. The van der Waals surface area contributed by atoms with Crippen LogP contribution in [0.3, 0.4) is 0 Å². The van der Waals surface area contributed by atoms with Crippen LogP contribution in [-0.4, -0.2) is 37.4 Å². The summed E-state index contributed by atoms with van der Waals surface area (Å²) >= 11 is 0. The quantitative estimate of drug-likeness (QED) is 0.768. The molecule has 3 aromatic heterocycles. The molecule has 0 fully saturated rings. The van der Waals surface area contributed by atoms with Gasteiger partial charge in [-0.05, 0) is 24.3 Å². The van der Waals surface area contributed by atoms with Crippen LogP contribution in [0.4, 0.5) is 0 Å². The number of nitrogens with zero attached hydrogens (tertiary/aromatic N) is 4. The predicted molar refractivity (Wildman–Crippen MR) is 92.3 cm³/mol. The van der Waals surface area contributed by atoms with Crippen molar-refractivity contribution in [3.63, 3.8) is 0 Å². The van der Waals surface area contributed by atoms with E-state index in [4.69, 9.17) is 4.42 Å². The first-order valence-corrected chi connectivity index (χ1v) is 8.39. The molecule has 4 heterocycles. The van der Waals surface area contributed by atoms with E-state index in [1.165, 1.54) is 6.26 Å². The van der Waals surface area contributed by atoms with Crippen molar-refractivity contribution in [1.82, 2.24) is 24.3 Å². The topological polar surface area (TPSA) is 85.3 Å². The molecule has 0 radical (unpaired) electrons. The van der Waals surface area contributed by atoms with Crippen LogP contribution in [0.2, 0.25) is 0 Å². The van der Waals surface area contributed by atoms with E-state index in [9.17, 15) is 9.59 Å². The van der Waals surface area contributed by atoms with Gasteiger partial charge in [0.05, 0.1) is 25.0 Å². The third-order valence-electron chi connectivity index (χ3n) is 4.48. The smallest absolute Gasteiger partial charge is 0.290 e. The minimum absolute atomic E-state index is 0.136. The highest BCUT2D eigenvalue weighted by molar-refractivity contribution is 5.92. The van der Waals surface area contributed by atoms with Gasteiger partial charge in [-0.2, -0.15) is 0 Å². The number of hydrogen-bond acceptors (Lipinski definition) is 4. The Balaban J connectivity index is 1.41. The minimum atomic E-state index is -0.141. The number of carbonyl (C=O) groups is 2. The summed E-state index contributed by atoms with van der Waals surface area (Å²) in [7, 11) is 1.83. The molecule has 8 heteroatoms. The van der Waals surface area contributed by atoms with Gasteiger partial charge in [0.2, 0.25) is 0 Å². The largest absolute Gasteiger partial charge is 0.459 e. The van der Waals surface area contributed by atoms with Gasteiger partial charge in [0.1, 0.15) is 11.5 Å². The first kappa shape index (κ1) is 16.2. The Bertz CT molecular complexity index is 938. The summed E-state index contributed by atoms with van der Waals surface area (Å²) in [4.78, 5) is 30.9. The SMILES string of the molecule is Cn1cccc1C(=O)NCc1cn2c(n1)CN(C(=O)c1ccco1)CC2. The number of carbonyl (C=O) groups excluding carboxylic acids is 2. The van der Waals surface area contributed by atoms with Crippen molar-refractivity contribution < 1.29 is 14.0 Å². The third kappa shape index (κ3) is 3.01. The lowest BCUT2D eigenvalue weighted by Gasteiger charge is -2.26. The highest BCUT2D eigenvalue weighted by atomic mass is 16.3. The van der Waals surface area contributed by atoms with Gasteiger partial charge in [0.15, 0.2) is 5.76 Å². The van der Waals surface area contributed by atoms with E-state index in [2.05, 4.69) is 10.3 Å². The number of imidazole rings is 1. The third-order valence-corrected chi connectivity index (χ3v) is 4.48. The summed E-state index contributed by atoms with van der Waals surface area (Å²) in [5.74, 6) is 0.861. The van der Waals surface area contributed by atoms with Crippen LogP contribution in [0.25, 0.3) is 0 Å². The number of amides is 2. The average Bonchev–Trinajstić information content (AvgIpc) is 3.38. The van der Waals surface area contributed by atoms with Gasteiger partial charge < -0.3 is 23.8 Å². The van der Waals surface area contributed by atoms with E-state index in [0.717, 1.165) is 11.5 Å². The lowest BCUT2D eigenvalue weighted by Crippen LogP contribution is -2.38. The lowest BCUT2D eigenvalue weighted by atomic mass is 10.3. The lowest BCUT2D eigenvalue weighted by molar-refractivity contribution is 0.0675. The van der Waals surface area contributed by atoms with Crippen molar-refractivity contribution in [2.75, 3.05) is 6.54 Å². The molecular formula is C18H19N5O3. The fourth-order valence-electron chi connectivity index (χ4n) is 3.08. The van der Waals surface area contributed by atoms with E-state index >= 15 is 0 Å². The predicted octanol–water partition coefficient (Wildman–Crippen LogP) is 1.40. The molecule has 0 saturated heterocycles. The van der Waals surface area contributed by atoms with E-state index in [1.807, 2.05) is 30.1 Å². The van der Waals surface area contributed by atoms with Crippen molar-refractivity contribution in [3.05, 3.63) is 65.9 Å². The Morgan fingerprint density at radius 2 is 2.15 bits per heavy atom. The molecule has 0 spiro atoms. The Kier molecular flexibility index (Phi) is 4.08. The van der Waals surface area contributed by atoms with Crippen LogP contribution >= 0.6 is 0 Å². The van der Waals surface area contributed by atoms with Crippen LogP contribution < -0.4 is 5.32 Å². The first-order chi connectivity index (χ1) is 12.6. The molecule has 0 atom stereocenters. The van der Waals surface area contributed by atoms with Crippen molar-refractivity contribution in [1.29, 1.82) is 0 Å². The molecule has 1 aliphatic rings. The van der Waals surface area contributed by atoms with Crippen molar-refractivity contribution in [2.24, 2.45) is 7.05 Å². The van der Waals surface area contributed by atoms with Crippen molar-refractivity contribution >= 4 is 11.8 Å². The molecule has 4 rings (SSSR count). The summed E-state index contributed by atoms with van der Waals surface area (Å²) in [5.41, 5.74) is 1.37. The maximum atomic E-state index is 12.4. The van der Waals surface area contributed by atoms with Crippen LogP contribution in [0.5, 0.6) is 0 Å². The van der Waals surface area contributed by atoms with Gasteiger partial charge in [-0.3, -0.25) is 9.59 Å². The number of fused-ring (bicyclic) bond motifs is 1. The van der Waals surface area contributed by atoms with Gasteiger partial charge in [0, 0.05) is 32.5 Å². The fourth-order valence-corrected chi connectivity index (χ4v) is 3.08. The minimum Gasteiger partial charge on any atom is -0.459 e. The molecule has 0 aromatic carbocycles. The van der Waals surface area contributed by atoms with Gasteiger partial charge >= 0.3 is 0 Å². The maximum absolute atomic E-state index is 12.4. The molecule has 1 aliphatic heterocycles. The number of hydrogen-bond donors (Lipinski definition) is 1. The summed E-state index contributed by atoms with van der Waals surface area (Å²) in [6, 6.07) is 6.96. The number of aryl methyl sites for hydroxylation is 1. The molecule has 26 heavy (non-hydrogen) atoms. The monoisotopic (exact) mass is 353 g/mol. The summed E-state index contributed by atoms with van der Waals surface area (Å²) < 4.78 is 8.98. The second-order valence-corrected chi connectivity index (χ2v) is 6.23. The molecule has 0 unspecified atom stereocenters. The zero-order valence-electron chi connectivity index (χ0n) is 14.4. The standard InChI is InChI=1S/C18H19N5O3/c1-21-6-2-4-14(21)17(24)19-10-13-11-22-7-8-23(12-16(22)20-13)18(25)15-5-3-9-26-15/h2-6,9,11H,7-8,10,12H2,1H3,(H,19,24). The fraction of sp³-hybridized carbons (Fsp3) is 0.278. The molecule has 0 saturated carbocycles. The van der Waals surface area contributed by atoms with E-state index in [-0.39, 0.29) is 11.8 Å². The number of nitrogens with one attached hydrogen (secondary N) is 1. The van der Waals surface area contributed by atoms with Gasteiger partial charge in [-0.15, -0.1) is 0 Å². The molecule has 2 amide bonds. The molecule has 1 N–H and O–H groups in total. The summed E-state index contributed by atoms with van der Waals surface area (Å²) in [5, 5.41) is 2.88. The molecule has 0 aliphatic carbocycles. The Morgan fingerprint density at radius 1 is 1.27 bits per heavy atom. The van der Waals surface area contributed by atoms with Gasteiger partial charge in [-0.25, -0.2) is 4.98 Å². The second-order valence-electron chi connectivity index (χ2n) is 6.23. The van der Waals surface area contributed by atoms with Crippen LogP contribution in [0.15, 0.2) is 47.3 Å². The van der Waals surface area contributed by atoms with Crippen molar-refractivity contribution in [3.8, 4) is 0 Å². The van der Waals surface area contributed by atoms with E-state index in [0.29, 0.717) is 37.6 Å². The maximum Gasteiger partial charge on any atom is 0.290 e. The Morgan fingerprint density at radius 3 is 2.88 bits per heavy atom. The highest BCUT2D eigenvalue weighted by Crippen LogP contribution is 2.16. The summed E-state index contributed by atoms with van der Waals surface area (Å²) in [6.45, 7) is 2.03. The molecule has 0 bridgehead atoms. The number of aromatic nitrogens is 3. The zero-order chi connectivity index (χ0) is 18.1. The molecule has 3 aromatic rings. The summed E-state index contributed by atoms with van der Waals surface area (Å²) in [6.07, 6.45) is 5.25. The zero-order valence-corrected chi connectivity index (χ0v) is 14.4. The highest BCUT2D eigenvalue weighted by Gasteiger charge is 2.25.